The summed E-state index contributed by atoms with van der Waals surface area (Å²) in [6.45, 7) is 0. The number of nitrogens with one attached hydrogen (secondary N) is 1. The van der Waals surface area contributed by atoms with Crippen LogP contribution in [0.5, 0.6) is 17.4 Å². The first-order valence-electron chi connectivity index (χ1n) is 5.80. The summed E-state index contributed by atoms with van der Waals surface area (Å²) in [5, 5.41) is 2.86. The maximum Gasteiger partial charge on any atom is 0.268 e. The molecule has 0 aliphatic rings. The SMILES string of the molecule is CNc1ncnc(Oc2ccccc2C(N)=O)c1OC. The Kier molecular flexibility index (Phi) is 3.99. The third-order valence-electron chi connectivity index (χ3n) is 2.57. The van der Waals surface area contributed by atoms with Crippen molar-refractivity contribution in [3.05, 3.63) is 36.2 Å². The number of hydrogen-bond acceptors (Lipinski definition) is 6. The van der Waals surface area contributed by atoms with Crippen molar-refractivity contribution in [2.45, 2.75) is 0 Å². The van der Waals surface area contributed by atoms with Crippen LogP contribution >= 0.6 is 0 Å². The highest BCUT2D eigenvalue weighted by Gasteiger charge is 2.16. The third-order valence-corrected chi connectivity index (χ3v) is 2.57. The van der Waals surface area contributed by atoms with Gasteiger partial charge < -0.3 is 20.5 Å². The average molecular weight is 274 g/mol. The van der Waals surface area contributed by atoms with E-state index in [-0.39, 0.29) is 11.4 Å². The Morgan fingerprint density at radius 2 is 2.05 bits per heavy atom. The lowest BCUT2D eigenvalue weighted by molar-refractivity contribution is 0.0998. The number of anilines is 1. The fraction of sp³-hybridized carbons (Fsp3) is 0.154. The molecule has 7 nitrogen and oxygen atoms in total. The van der Waals surface area contributed by atoms with Crippen molar-refractivity contribution in [1.29, 1.82) is 0 Å². The number of benzene rings is 1. The van der Waals surface area contributed by atoms with E-state index in [4.69, 9.17) is 15.2 Å². The molecule has 1 heterocycles. The van der Waals surface area contributed by atoms with E-state index in [1.807, 2.05) is 0 Å². The van der Waals surface area contributed by atoms with Gasteiger partial charge in [-0.05, 0) is 12.1 Å². The zero-order valence-corrected chi connectivity index (χ0v) is 11.1. The molecule has 2 rings (SSSR count). The number of aromatic nitrogens is 2. The fourth-order valence-electron chi connectivity index (χ4n) is 1.66. The van der Waals surface area contributed by atoms with Crippen LogP contribution in [0, 0.1) is 0 Å². The van der Waals surface area contributed by atoms with Crippen molar-refractivity contribution in [2.24, 2.45) is 5.73 Å². The molecule has 20 heavy (non-hydrogen) atoms. The van der Waals surface area contributed by atoms with Gasteiger partial charge in [-0.3, -0.25) is 4.79 Å². The number of nitrogens with two attached hydrogens (primary N) is 1. The average Bonchev–Trinajstić information content (AvgIpc) is 2.47. The van der Waals surface area contributed by atoms with Gasteiger partial charge in [0, 0.05) is 7.05 Å². The molecule has 0 bridgehead atoms. The number of para-hydroxylation sites is 1. The third kappa shape index (κ3) is 2.61. The van der Waals surface area contributed by atoms with Crippen molar-refractivity contribution in [2.75, 3.05) is 19.5 Å². The van der Waals surface area contributed by atoms with E-state index < -0.39 is 5.91 Å². The minimum Gasteiger partial charge on any atom is -0.489 e. The number of rotatable bonds is 5. The molecule has 0 radical (unpaired) electrons. The number of ether oxygens (including phenoxy) is 2. The van der Waals surface area contributed by atoms with Gasteiger partial charge in [-0.2, -0.15) is 4.98 Å². The second-order valence-corrected chi connectivity index (χ2v) is 3.77. The van der Waals surface area contributed by atoms with Crippen LogP contribution in [0.15, 0.2) is 30.6 Å². The van der Waals surface area contributed by atoms with Crippen molar-refractivity contribution in [3.63, 3.8) is 0 Å². The lowest BCUT2D eigenvalue weighted by atomic mass is 10.2. The van der Waals surface area contributed by atoms with Crippen molar-refractivity contribution in [1.82, 2.24) is 9.97 Å². The predicted octanol–water partition coefficient (Wildman–Crippen LogP) is 1.42. The first-order chi connectivity index (χ1) is 9.67. The van der Waals surface area contributed by atoms with Gasteiger partial charge in [0.15, 0.2) is 5.82 Å². The van der Waals surface area contributed by atoms with E-state index in [1.54, 1.807) is 31.3 Å². The number of methoxy groups -OCH3 is 1. The van der Waals surface area contributed by atoms with Gasteiger partial charge in [-0.15, -0.1) is 0 Å². The zero-order valence-electron chi connectivity index (χ0n) is 11.1. The minimum absolute atomic E-state index is 0.195. The van der Waals surface area contributed by atoms with Gasteiger partial charge in [0.2, 0.25) is 5.75 Å². The lowest BCUT2D eigenvalue weighted by Crippen LogP contribution is -2.12. The smallest absolute Gasteiger partial charge is 0.268 e. The maximum atomic E-state index is 11.4. The first-order valence-corrected chi connectivity index (χ1v) is 5.80. The second-order valence-electron chi connectivity index (χ2n) is 3.77. The zero-order chi connectivity index (χ0) is 14.5. The lowest BCUT2D eigenvalue weighted by Gasteiger charge is -2.13. The van der Waals surface area contributed by atoms with Crippen molar-refractivity contribution < 1.29 is 14.3 Å². The highest BCUT2D eigenvalue weighted by molar-refractivity contribution is 5.95. The van der Waals surface area contributed by atoms with Crippen LogP contribution in [0.4, 0.5) is 5.82 Å². The number of carbonyl (C=O) groups excluding carboxylic acids is 1. The van der Waals surface area contributed by atoms with Crippen LogP contribution in [0.2, 0.25) is 0 Å². The van der Waals surface area contributed by atoms with E-state index in [1.165, 1.54) is 13.4 Å². The Balaban J connectivity index is 2.43. The Morgan fingerprint density at radius 3 is 2.70 bits per heavy atom. The summed E-state index contributed by atoms with van der Waals surface area (Å²) < 4.78 is 10.8. The number of hydrogen-bond donors (Lipinski definition) is 2. The van der Waals surface area contributed by atoms with Crippen LogP contribution in [-0.4, -0.2) is 30.0 Å². The summed E-state index contributed by atoms with van der Waals surface area (Å²) in [7, 11) is 3.18. The summed E-state index contributed by atoms with van der Waals surface area (Å²) in [4.78, 5) is 19.4. The van der Waals surface area contributed by atoms with Gasteiger partial charge in [-0.25, -0.2) is 4.98 Å². The van der Waals surface area contributed by atoms with E-state index in [2.05, 4.69) is 15.3 Å². The molecule has 2 aromatic rings. The predicted molar refractivity (Wildman–Crippen MR) is 73.2 cm³/mol. The molecule has 7 heteroatoms. The number of amides is 1. The monoisotopic (exact) mass is 274 g/mol. The van der Waals surface area contributed by atoms with E-state index >= 15 is 0 Å². The van der Waals surface area contributed by atoms with Gasteiger partial charge in [-0.1, -0.05) is 12.1 Å². The largest absolute Gasteiger partial charge is 0.489 e. The van der Waals surface area contributed by atoms with Crippen molar-refractivity contribution >= 4 is 11.7 Å². The van der Waals surface area contributed by atoms with Crippen LogP contribution < -0.4 is 20.5 Å². The topological polar surface area (TPSA) is 99.4 Å². The van der Waals surface area contributed by atoms with Crippen molar-refractivity contribution in [3.8, 4) is 17.4 Å². The number of carbonyl (C=O) groups is 1. The fourth-order valence-corrected chi connectivity index (χ4v) is 1.66. The molecule has 1 amide bonds. The van der Waals surface area contributed by atoms with Gasteiger partial charge in [0.1, 0.15) is 12.1 Å². The van der Waals surface area contributed by atoms with E-state index in [9.17, 15) is 4.79 Å². The molecular formula is C13H14N4O3. The van der Waals surface area contributed by atoms with E-state index in [0.717, 1.165) is 0 Å². The standard InChI is InChI=1S/C13H14N4O3/c1-15-12-10(19-2)13(17-7-16-12)20-9-6-4-3-5-8(9)11(14)18/h3-7H,1-2H3,(H2,14,18)(H,15,16,17). The van der Waals surface area contributed by atoms with Crippen LogP contribution in [0.1, 0.15) is 10.4 Å². The molecule has 0 unspecified atom stereocenters. The molecule has 0 aliphatic heterocycles. The molecule has 0 aliphatic carbocycles. The second kappa shape index (κ2) is 5.87. The summed E-state index contributed by atoms with van der Waals surface area (Å²) in [6, 6.07) is 6.63. The minimum atomic E-state index is -0.581. The molecule has 104 valence electrons. The molecule has 0 fully saturated rings. The normalized spacial score (nSPS) is 9.90. The van der Waals surface area contributed by atoms with Gasteiger partial charge >= 0.3 is 0 Å². The Labute approximate surface area is 115 Å². The molecule has 0 spiro atoms. The Bertz CT molecular complexity index is 631. The maximum absolute atomic E-state index is 11.4. The van der Waals surface area contributed by atoms with Crippen LogP contribution in [0.25, 0.3) is 0 Å². The highest BCUT2D eigenvalue weighted by atomic mass is 16.5. The molecule has 0 saturated heterocycles. The molecule has 0 saturated carbocycles. The Morgan fingerprint density at radius 1 is 1.30 bits per heavy atom. The first kappa shape index (κ1) is 13.6. The van der Waals surface area contributed by atoms with E-state index in [0.29, 0.717) is 17.3 Å². The highest BCUT2D eigenvalue weighted by Crippen LogP contribution is 2.34. The quantitative estimate of drug-likeness (QED) is 0.855. The summed E-state index contributed by atoms with van der Waals surface area (Å²) in [5.41, 5.74) is 5.56. The molecule has 3 N–H and O–H groups in total. The molecule has 1 aromatic heterocycles. The van der Waals surface area contributed by atoms with Crippen LogP contribution in [0.3, 0.4) is 0 Å². The Hall–Kier alpha value is -2.83. The molecule has 1 aromatic carbocycles. The van der Waals surface area contributed by atoms with Crippen LogP contribution in [-0.2, 0) is 0 Å². The van der Waals surface area contributed by atoms with Gasteiger partial charge in [0.05, 0.1) is 12.7 Å². The summed E-state index contributed by atoms with van der Waals surface area (Å²) in [6.07, 6.45) is 1.33. The molecule has 0 atom stereocenters. The number of nitrogens with zero attached hydrogens (tertiary/aromatic N) is 2. The number of primary amides is 1. The molecular weight excluding hydrogens is 260 g/mol. The summed E-state index contributed by atoms with van der Waals surface area (Å²) in [5.74, 6) is 0.741. The summed E-state index contributed by atoms with van der Waals surface area (Å²) >= 11 is 0. The van der Waals surface area contributed by atoms with Gasteiger partial charge in [0.25, 0.3) is 11.8 Å².